The minimum Gasteiger partial charge on any atom is -0.398 e. The smallest absolute Gasteiger partial charge is 0.0818 e. The van der Waals surface area contributed by atoms with Gasteiger partial charge in [-0.25, -0.2) is 4.98 Å². The van der Waals surface area contributed by atoms with Gasteiger partial charge in [0, 0.05) is 40.2 Å². The molecule has 0 amide bonds. The van der Waals surface area contributed by atoms with Crippen molar-refractivity contribution in [2.45, 2.75) is 6.92 Å². The van der Waals surface area contributed by atoms with Crippen molar-refractivity contribution >= 4 is 17.0 Å². The molecule has 0 saturated carbocycles. The highest BCUT2D eigenvalue weighted by atomic mass is 32.1. The van der Waals surface area contributed by atoms with E-state index in [1.54, 1.807) is 17.5 Å². The van der Waals surface area contributed by atoms with Crippen LogP contribution in [0.4, 0.5) is 5.69 Å². The van der Waals surface area contributed by atoms with Gasteiger partial charge in [-0.05, 0) is 30.7 Å². The van der Waals surface area contributed by atoms with E-state index in [2.05, 4.69) is 16.0 Å². The number of anilines is 1. The summed E-state index contributed by atoms with van der Waals surface area (Å²) in [4.78, 5) is 8.57. The lowest BCUT2D eigenvalue weighted by Gasteiger charge is -2.12. The lowest BCUT2D eigenvalue weighted by atomic mass is 9.95. The topological polar surface area (TPSA) is 51.8 Å². The molecular weight excluding hydrogens is 254 g/mol. The molecule has 0 aliphatic rings. The second-order valence-electron chi connectivity index (χ2n) is 4.39. The molecule has 2 N–H and O–H groups in total. The maximum atomic E-state index is 6.21. The van der Waals surface area contributed by atoms with Crippen LogP contribution in [0.2, 0.25) is 0 Å². The normalized spacial score (nSPS) is 10.6. The van der Waals surface area contributed by atoms with E-state index in [-0.39, 0.29) is 0 Å². The largest absolute Gasteiger partial charge is 0.398 e. The van der Waals surface area contributed by atoms with E-state index in [9.17, 15) is 0 Å². The number of benzene rings is 1. The van der Waals surface area contributed by atoms with Gasteiger partial charge in [0.1, 0.15) is 0 Å². The number of nitrogens with two attached hydrogens (primary N) is 1. The van der Waals surface area contributed by atoms with Gasteiger partial charge in [-0.2, -0.15) is 0 Å². The van der Waals surface area contributed by atoms with Gasteiger partial charge in [-0.3, -0.25) is 4.98 Å². The predicted octanol–water partition coefficient (Wildman–Crippen LogP) is 3.76. The van der Waals surface area contributed by atoms with E-state index in [1.165, 1.54) is 0 Å². The quantitative estimate of drug-likeness (QED) is 0.719. The maximum absolute atomic E-state index is 6.21. The number of hydrogen-bond donors (Lipinski definition) is 1. The molecule has 0 unspecified atom stereocenters. The molecular formula is C15H13N3S. The average Bonchev–Trinajstić information content (AvgIpc) is 2.92. The molecule has 0 atom stereocenters. The molecule has 0 spiro atoms. The average molecular weight is 267 g/mol. The van der Waals surface area contributed by atoms with Crippen LogP contribution in [0, 0.1) is 6.92 Å². The number of pyridine rings is 1. The van der Waals surface area contributed by atoms with Crippen molar-refractivity contribution < 1.29 is 0 Å². The Morgan fingerprint density at radius 2 is 2.16 bits per heavy atom. The summed E-state index contributed by atoms with van der Waals surface area (Å²) in [7, 11) is 0. The summed E-state index contributed by atoms with van der Waals surface area (Å²) >= 11 is 1.58. The number of nitrogen functional groups attached to an aromatic ring is 1. The SMILES string of the molecule is Cc1cc(N)c(-c2cccnc2)c(-c2cscn2)c1. The molecule has 3 aromatic rings. The van der Waals surface area contributed by atoms with Crippen LogP contribution in [0.3, 0.4) is 0 Å². The first-order valence-electron chi connectivity index (χ1n) is 5.95. The molecule has 2 aromatic heterocycles. The van der Waals surface area contributed by atoms with Crippen molar-refractivity contribution in [2.75, 3.05) is 5.73 Å². The molecule has 19 heavy (non-hydrogen) atoms. The highest BCUT2D eigenvalue weighted by Crippen LogP contribution is 2.36. The molecule has 3 rings (SSSR count). The van der Waals surface area contributed by atoms with Crippen LogP contribution < -0.4 is 5.73 Å². The van der Waals surface area contributed by atoms with Gasteiger partial charge < -0.3 is 5.73 Å². The van der Waals surface area contributed by atoms with E-state index in [0.717, 1.165) is 33.6 Å². The van der Waals surface area contributed by atoms with E-state index < -0.39 is 0 Å². The Morgan fingerprint density at radius 1 is 1.26 bits per heavy atom. The number of thiazole rings is 1. The number of hydrogen-bond acceptors (Lipinski definition) is 4. The molecule has 0 fully saturated rings. The number of nitrogens with zero attached hydrogens (tertiary/aromatic N) is 2. The third kappa shape index (κ3) is 2.22. The Labute approximate surface area is 115 Å². The summed E-state index contributed by atoms with van der Waals surface area (Å²) in [5.41, 5.74) is 14.0. The summed E-state index contributed by atoms with van der Waals surface area (Å²) in [5.74, 6) is 0. The van der Waals surface area contributed by atoms with Crippen molar-refractivity contribution in [1.29, 1.82) is 0 Å². The third-order valence-corrected chi connectivity index (χ3v) is 3.56. The van der Waals surface area contributed by atoms with Crippen molar-refractivity contribution in [3.63, 3.8) is 0 Å². The summed E-state index contributed by atoms with van der Waals surface area (Å²) in [6, 6.07) is 8.04. The van der Waals surface area contributed by atoms with Gasteiger partial charge in [-0.1, -0.05) is 6.07 Å². The summed E-state index contributed by atoms with van der Waals surface area (Å²) in [6.07, 6.45) is 3.59. The van der Waals surface area contributed by atoms with E-state index in [1.807, 2.05) is 42.2 Å². The molecule has 4 heteroatoms. The fourth-order valence-corrected chi connectivity index (χ4v) is 2.75. The lowest BCUT2D eigenvalue weighted by molar-refractivity contribution is 1.32. The minimum atomic E-state index is 0.760. The zero-order valence-corrected chi connectivity index (χ0v) is 11.3. The molecule has 1 aromatic carbocycles. The molecule has 2 heterocycles. The number of aryl methyl sites for hydroxylation is 1. The van der Waals surface area contributed by atoms with Gasteiger partial charge in [0.05, 0.1) is 11.2 Å². The zero-order chi connectivity index (χ0) is 13.2. The summed E-state index contributed by atoms with van der Waals surface area (Å²) in [5, 5.41) is 2.04. The van der Waals surface area contributed by atoms with Crippen LogP contribution in [0.25, 0.3) is 22.4 Å². The van der Waals surface area contributed by atoms with E-state index in [4.69, 9.17) is 5.73 Å². The monoisotopic (exact) mass is 267 g/mol. The van der Waals surface area contributed by atoms with Crippen LogP contribution in [0.15, 0.2) is 47.5 Å². The first-order chi connectivity index (χ1) is 9.25. The molecule has 0 saturated heterocycles. The molecule has 3 nitrogen and oxygen atoms in total. The standard InChI is InChI=1S/C15H13N3S/c1-10-5-12(14-8-19-9-18-14)15(13(16)6-10)11-3-2-4-17-7-11/h2-9H,16H2,1H3. The Kier molecular flexibility index (Phi) is 3.01. The van der Waals surface area contributed by atoms with Gasteiger partial charge >= 0.3 is 0 Å². The van der Waals surface area contributed by atoms with Gasteiger partial charge in [0.15, 0.2) is 0 Å². The Morgan fingerprint density at radius 3 is 2.84 bits per heavy atom. The predicted molar refractivity (Wildman–Crippen MR) is 79.9 cm³/mol. The van der Waals surface area contributed by atoms with Crippen LogP contribution >= 0.6 is 11.3 Å². The lowest BCUT2D eigenvalue weighted by Crippen LogP contribution is -1.95. The molecule has 0 bridgehead atoms. The van der Waals surface area contributed by atoms with E-state index in [0.29, 0.717) is 0 Å². The zero-order valence-electron chi connectivity index (χ0n) is 10.5. The van der Waals surface area contributed by atoms with Crippen LogP contribution in [0.5, 0.6) is 0 Å². The van der Waals surface area contributed by atoms with Crippen LogP contribution in [-0.4, -0.2) is 9.97 Å². The molecule has 0 aliphatic heterocycles. The second-order valence-corrected chi connectivity index (χ2v) is 5.11. The maximum Gasteiger partial charge on any atom is 0.0818 e. The highest BCUT2D eigenvalue weighted by molar-refractivity contribution is 7.07. The fourth-order valence-electron chi connectivity index (χ4n) is 2.19. The second kappa shape index (κ2) is 4.82. The molecule has 94 valence electrons. The van der Waals surface area contributed by atoms with Crippen molar-refractivity contribution in [2.24, 2.45) is 0 Å². The molecule has 0 aliphatic carbocycles. The van der Waals surface area contributed by atoms with Gasteiger partial charge in [0.2, 0.25) is 0 Å². The number of aromatic nitrogens is 2. The van der Waals surface area contributed by atoms with E-state index >= 15 is 0 Å². The summed E-state index contributed by atoms with van der Waals surface area (Å²) < 4.78 is 0. The van der Waals surface area contributed by atoms with Gasteiger partial charge in [0.25, 0.3) is 0 Å². The van der Waals surface area contributed by atoms with Crippen LogP contribution in [0.1, 0.15) is 5.56 Å². The minimum absolute atomic E-state index is 0.760. The van der Waals surface area contributed by atoms with Crippen LogP contribution in [-0.2, 0) is 0 Å². The Bertz CT molecular complexity index is 691. The first-order valence-corrected chi connectivity index (χ1v) is 6.89. The highest BCUT2D eigenvalue weighted by Gasteiger charge is 2.13. The Hall–Kier alpha value is -2.20. The van der Waals surface area contributed by atoms with Crippen molar-refractivity contribution in [3.8, 4) is 22.4 Å². The number of rotatable bonds is 2. The molecule has 0 radical (unpaired) electrons. The first kappa shape index (κ1) is 11.9. The Balaban J connectivity index is 2.29. The van der Waals surface area contributed by atoms with Crippen molar-refractivity contribution in [1.82, 2.24) is 9.97 Å². The third-order valence-electron chi connectivity index (χ3n) is 2.97. The van der Waals surface area contributed by atoms with Crippen molar-refractivity contribution in [3.05, 3.63) is 53.1 Å². The summed E-state index contributed by atoms with van der Waals surface area (Å²) in [6.45, 7) is 2.04. The van der Waals surface area contributed by atoms with Gasteiger partial charge in [-0.15, -0.1) is 11.3 Å². The fraction of sp³-hybridized carbons (Fsp3) is 0.0667.